The highest BCUT2D eigenvalue weighted by atomic mass is 19.4. The highest BCUT2D eigenvalue weighted by Crippen LogP contribution is 2.20. The molecule has 0 spiro atoms. The Morgan fingerprint density at radius 2 is 2.05 bits per heavy atom. The molecule has 0 unspecified atom stereocenters. The molecule has 1 amide bonds. The largest absolute Gasteiger partial charge is 0.497 e. The van der Waals surface area contributed by atoms with Crippen molar-refractivity contribution >= 4 is 11.6 Å². The van der Waals surface area contributed by atoms with Crippen LogP contribution >= 0.6 is 0 Å². The first-order valence-electron chi connectivity index (χ1n) is 5.22. The lowest BCUT2D eigenvalue weighted by atomic mass is 10.3. The summed E-state index contributed by atoms with van der Waals surface area (Å²) < 4.78 is 53.6. The first-order valence-corrected chi connectivity index (χ1v) is 5.22. The Hall–Kier alpha value is -1.83. The minimum absolute atomic E-state index is 0.154. The van der Waals surface area contributed by atoms with Crippen LogP contribution in [0, 0.1) is 5.82 Å². The lowest BCUT2D eigenvalue weighted by Crippen LogP contribution is -2.35. The van der Waals surface area contributed by atoms with Crippen molar-refractivity contribution in [3.63, 3.8) is 0 Å². The second-order valence-electron chi connectivity index (χ2n) is 3.61. The highest BCUT2D eigenvalue weighted by molar-refractivity contribution is 5.92. The average Bonchev–Trinajstić information content (AvgIpc) is 2.30. The number of rotatable bonds is 5. The second-order valence-corrected chi connectivity index (χ2v) is 3.61. The lowest BCUT2D eigenvalue weighted by Gasteiger charge is -2.10. The maximum absolute atomic E-state index is 13.3. The molecule has 0 radical (unpaired) electrons. The smallest absolute Gasteiger partial charge is 0.401 e. The van der Waals surface area contributed by atoms with Crippen molar-refractivity contribution in [2.45, 2.75) is 6.18 Å². The third kappa shape index (κ3) is 5.56. The Balaban J connectivity index is 2.52. The lowest BCUT2D eigenvalue weighted by molar-refractivity contribution is -0.126. The van der Waals surface area contributed by atoms with Crippen LogP contribution in [0.4, 0.5) is 23.2 Å². The third-order valence-corrected chi connectivity index (χ3v) is 2.06. The Morgan fingerprint density at radius 1 is 1.37 bits per heavy atom. The minimum atomic E-state index is -4.40. The van der Waals surface area contributed by atoms with E-state index in [4.69, 9.17) is 4.74 Å². The van der Waals surface area contributed by atoms with Gasteiger partial charge in [-0.1, -0.05) is 0 Å². The molecule has 0 aliphatic carbocycles. The number of benzene rings is 1. The molecule has 0 aliphatic heterocycles. The Kier molecular flexibility index (Phi) is 5.11. The van der Waals surface area contributed by atoms with Gasteiger partial charge >= 0.3 is 6.18 Å². The molecule has 19 heavy (non-hydrogen) atoms. The summed E-state index contributed by atoms with van der Waals surface area (Å²) in [5.74, 6) is -1.17. The summed E-state index contributed by atoms with van der Waals surface area (Å²) in [5, 5.41) is 4.05. The maximum atomic E-state index is 13.3. The van der Waals surface area contributed by atoms with Gasteiger partial charge in [0.15, 0.2) is 0 Å². The molecule has 8 heteroatoms. The van der Waals surface area contributed by atoms with Gasteiger partial charge in [0.1, 0.15) is 11.6 Å². The molecule has 4 nitrogen and oxygen atoms in total. The van der Waals surface area contributed by atoms with Crippen LogP contribution in [0.3, 0.4) is 0 Å². The molecule has 0 saturated carbocycles. The number of hydrogen-bond acceptors (Lipinski definition) is 3. The summed E-state index contributed by atoms with van der Waals surface area (Å²) in [6, 6.07) is 3.67. The fraction of sp³-hybridized carbons (Fsp3) is 0.364. The standard InChI is InChI=1S/C11H12F4N2O2/c1-19-7-2-3-8(12)9(4-7)17-10(18)5-16-6-11(13,14)15/h2-4,16H,5-6H2,1H3,(H,17,18). The molecular weight excluding hydrogens is 268 g/mol. The van der Waals surface area contributed by atoms with Crippen LogP contribution in [0.1, 0.15) is 0 Å². The number of nitrogens with one attached hydrogen (secondary N) is 2. The van der Waals surface area contributed by atoms with E-state index in [0.29, 0.717) is 5.75 Å². The van der Waals surface area contributed by atoms with E-state index in [9.17, 15) is 22.4 Å². The van der Waals surface area contributed by atoms with E-state index in [1.54, 1.807) is 0 Å². The van der Waals surface area contributed by atoms with E-state index in [0.717, 1.165) is 6.07 Å². The van der Waals surface area contributed by atoms with E-state index in [2.05, 4.69) is 5.32 Å². The number of carbonyl (C=O) groups is 1. The first-order chi connectivity index (χ1) is 8.81. The first kappa shape index (κ1) is 15.2. The van der Waals surface area contributed by atoms with Gasteiger partial charge in [0.2, 0.25) is 5.91 Å². The molecule has 0 aliphatic rings. The van der Waals surface area contributed by atoms with Crippen LogP contribution in [0.5, 0.6) is 5.75 Å². The van der Waals surface area contributed by atoms with Gasteiger partial charge in [-0.05, 0) is 12.1 Å². The summed E-state index contributed by atoms with van der Waals surface area (Å²) in [6.45, 7) is -1.86. The van der Waals surface area contributed by atoms with E-state index < -0.39 is 31.0 Å². The van der Waals surface area contributed by atoms with Crippen molar-refractivity contribution in [3.05, 3.63) is 24.0 Å². The summed E-state index contributed by atoms with van der Waals surface area (Å²) in [4.78, 5) is 11.3. The summed E-state index contributed by atoms with van der Waals surface area (Å²) in [6.07, 6.45) is -4.40. The fourth-order valence-corrected chi connectivity index (χ4v) is 1.24. The number of halogens is 4. The SMILES string of the molecule is COc1ccc(F)c(NC(=O)CNCC(F)(F)F)c1. The molecule has 0 saturated heterocycles. The van der Waals surface area contributed by atoms with Crippen molar-refractivity contribution in [3.8, 4) is 5.75 Å². The van der Waals surface area contributed by atoms with E-state index >= 15 is 0 Å². The zero-order valence-corrected chi connectivity index (χ0v) is 9.97. The molecule has 0 fully saturated rings. The minimum Gasteiger partial charge on any atom is -0.497 e. The van der Waals surface area contributed by atoms with Gasteiger partial charge in [0.05, 0.1) is 25.9 Å². The normalized spacial score (nSPS) is 11.2. The predicted molar refractivity (Wildman–Crippen MR) is 60.5 cm³/mol. The zero-order valence-electron chi connectivity index (χ0n) is 9.97. The molecular formula is C11H12F4N2O2. The van der Waals surface area contributed by atoms with Crippen molar-refractivity contribution < 1.29 is 27.1 Å². The van der Waals surface area contributed by atoms with E-state index in [1.807, 2.05) is 5.32 Å². The number of methoxy groups -OCH3 is 1. The fourth-order valence-electron chi connectivity index (χ4n) is 1.24. The maximum Gasteiger partial charge on any atom is 0.401 e. The van der Waals surface area contributed by atoms with Gasteiger partial charge in [-0.3, -0.25) is 4.79 Å². The van der Waals surface area contributed by atoms with Crippen LogP contribution in [-0.4, -0.2) is 32.3 Å². The molecule has 2 N–H and O–H groups in total. The number of amides is 1. The van der Waals surface area contributed by atoms with Crippen molar-refractivity contribution in [2.24, 2.45) is 0 Å². The van der Waals surface area contributed by atoms with Crippen molar-refractivity contribution in [2.75, 3.05) is 25.5 Å². The van der Waals surface area contributed by atoms with Gasteiger partial charge in [0, 0.05) is 6.07 Å². The quantitative estimate of drug-likeness (QED) is 0.810. The Labute approximate surface area is 106 Å². The number of anilines is 1. The molecule has 1 rings (SSSR count). The molecule has 0 aromatic heterocycles. The van der Waals surface area contributed by atoms with Crippen LogP contribution in [0.2, 0.25) is 0 Å². The van der Waals surface area contributed by atoms with Gasteiger partial charge in [-0.15, -0.1) is 0 Å². The Morgan fingerprint density at radius 3 is 2.63 bits per heavy atom. The number of carbonyl (C=O) groups excluding carboxylic acids is 1. The monoisotopic (exact) mass is 280 g/mol. The van der Waals surface area contributed by atoms with Crippen LogP contribution in [0.25, 0.3) is 0 Å². The topological polar surface area (TPSA) is 50.4 Å². The average molecular weight is 280 g/mol. The number of hydrogen-bond donors (Lipinski definition) is 2. The number of alkyl halides is 3. The van der Waals surface area contributed by atoms with Gasteiger partial charge in [-0.25, -0.2) is 4.39 Å². The van der Waals surface area contributed by atoms with Crippen LogP contribution < -0.4 is 15.4 Å². The molecule has 106 valence electrons. The molecule has 0 bridgehead atoms. The summed E-state index contributed by atoms with van der Waals surface area (Å²) >= 11 is 0. The number of ether oxygens (including phenoxy) is 1. The highest BCUT2D eigenvalue weighted by Gasteiger charge is 2.26. The molecule has 1 aromatic carbocycles. The zero-order chi connectivity index (χ0) is 14.5. The van der Waals surface area contributed by atoms with Crippen molar-refractivity contribution in [1.29, 1.82) is 0 Å². The molecule has 0 atom stereocenters. The van der Waals surface area contributed by atoms with Gasteiger partial charge in [-0.2, -0.15) is 13.2 Å². The summed E-state index contributed by atoms with van der Waals surface area (Å²) in [5.41, 5.74) is -0.154. The second kappa shape index (κ2) is 6.37. The van der Waals surface area contributed by atoms with Gasteiger partial charge in [0.25, 0.3) is 0 Å². The summed E-state index contributed by atoms with van der Waals surface area (Å²) in [7, 11) is 1.36. The molecule has 1 aromatic rings. The van der Waals surface area contributed by atoms with E-state index in [-0.39, 0.29) is 5.69 Å². The van der Waals surface area contributed by atoms with Crippen LogP contribution in [0.15, 0.2) is 18.2 Å². The molecule has 0 heterocycles. The van der Waals surface area contributed by atoms with Crippen LogP contribution in [-0.2, 0) is 4.79 Å². The van der Waals surface area contributed by atoms with Crippen molar-refractivity contribution in [1.82, 2.24) is 5.32 Å². The van der Waals surface area contributed by atoms with E-state index in [1.165, 1.54) is 19.2 Å². The predicted octanol–water partition coefficient (Wildman–Crippen LogP) is 1.92. The van der Waals surface area contributed by atoms with Gasteiger partial charge < -0.3 is 15.4 Å². The Bertz CT molecular complexity index is 449. The third-order valence-electron chi connectivity index (χ3n) is 2.06.